The third-order valence-corrected chi connectivity index (χ3v) is 8.41. The van der Waals surface area contributed by atoms with Crippen molar-refractivity contribution in [2.45, 2.75) is 62.6 Å². The number of rotatable bonds is 6. The molecule has 0 aromatic carbocycles. The van der Waals surface area contributed by atoms with Gasteiger partial charge in [0.2, 0.25) is 0 Å². The van der Waals surface area contributed by atoms with Crippen molar-refractivity contribution in [3.63, 3.8) is 0 Å². The van der Waals surface area contributed by atoms with Gasteiger partial charge >= 0.3 is 6.09 Å². The van der Waals surface area contributed by atoms with Crippen molar-refractivity contribution in [1.29, 1.82) is 0 Å². The van der Waals surface area contributed by atoms with Crippen LogP contribution in [0.4, 0.5) is 4.79 Å². The van der Waals surface area contributed by atoms with Crippen LogP contribution in [0.1, 0.15) is 44.9 Å². The zero-order valence-corrected chi connectivity index (χ0v) is 19.7. The van der Waals surface area contributed by atoms with Crippen LogP contribution in [-0.4, -0.2) is 73.3 Å². The summed E-state index contributed by atoms with van der Waals surface area (Å²) in [5.41, 5.74) is 0.0448. The quantitative estimate of drug-likeness (QED) is 0.629. The Hall–Kier alpha value is -1.45. The number of carbonyl (C=O) groups is 1. The molecular weight excluding hydrogens is 442 g/mol. The zero-order chi connectivity index (χ0) is 22.4. The average molecular weight is 472 g/mol. The first-order chi connectivity index (χ1) is 14.6. The predicted octanol–water partition coefficient (Wildman–Crippen LogP) is 2.85. The molecule has 172 valence electrons. The van der Waals surface area contributed by atoms with E-state index in [0.29, 0.717) is 24.0 Å². The van der Waals surface area contributed by atoms with Gasteiger partial charge in [0.15, 0.2) is 0 Å². The monoisotopic (exact) mass is 471 g/mol. The molecule has 0 bridgehead atoms. The molecule has 2 saturated carbocycles. The highest BCUT2D eigenvalue weighted by Crippen LogP contribution is 2.61. The van der Waals surface area contributed by atoms with Crippen LogP contribution in [0.2, 0.25) is 5.02 Å². The largest absolute Gasteiger partial charge is 0.453 e. The Kier molecular flexibility index (Phi) is 6.22. The van der Waals surface area contributed by atoms with Gasteiger partial charge in [0.1, 0.15) is 15.7 Å². The Labute approximate surface area is 188 Å². The lowest BCUT2D eigenvalue weighted by atomic mass is 9.86. The van der Waals surface area contributed by atoms with Gasteiger partial charge in [-0.1, -0.05) is 11.6 Å². The van der Waals surface area contributed by atoms with Gasteiger partial charge in [-0.05, 0) is 50.9 Å². The normalized spacial score (nSPS) is 35.0. The second kappa shape index (κ2) is 8.48. The van der Waals surface area contributed by atoms with Crippen LogP contribution in [-0.2, 0) is 24.7 Å². The van der Waals surface area contributed by atoms with Gasteiger partial charge in [-0.3, -0.25) is 4.90 Å². The number of halogens is 1. The minimum absolute atomic E-state index is 0.0448. The van der Waals surface area contributed by atoms with E-state index in [4.69, 9.17) is 21.1 Å². The molecule has 1 aromatic rings. The summed E-state index contributed by atoms with van der Waals surface area (Å²) in [6.07, 6.45) is 8.65. The van der Waals surface area contributed by atoms with Crippen molar-refractivity contribution < 1.29 is 22.7 Å². The smallest absolute Gasteiger partial charge is 0.410 e. The van der Waals surface area contributed by atoms with Gasteiger partial charge in [-0.2, -0.15) is 0 Å². The molecule has 8 nitrogen and oxygen atoms in total. The Morgan fingerprint density at radius 2 is 2.03 bits per heavy atom. The van der Waals surface area contributed by atoms with E-state index in [1.165, 1.54) is 13.4 Å². The fraction of sp³-hybridized carbons (Fsp3) is 0.762. The first-order valence-corrected chi connectivity index (χ1v) is 13.2. The number of carbonyl (C=O) groups excluding carboxylic acids is 1. The fourth-order valence-corrected chi connectivity index (χ4v) is 6.89. The summed E-state index contributed by atoms with van der Waals surface area (Å²) in [4.78, 5) is 22.9. The SMILES string of the molecule is COC(=O)N1[C@H](C)C[C@H](CS(C)(=O)=O)[C@@H]1COC1CCC2(c3ncc(Cl)cn3)CC2C1. The Balaban J connectivity index is 1.39. The maximum absolute atomic E-state index is 12.4. The number of methoxy groups -OCH3 is 1. The summed E-state index contributed by atoms with van der Waals surface area (Å²) in [6.45, 7) is 2.25. The molecule has 2 heterocycles. The predicted molar refractivity (Wildman–Crippen MR) is 116 cm³/mol. The summed E-state index contributed by atoms with van der Waals surface area (Å²) in [7, 11) is -1.81. The van der Waals surface area contributed by atoms with Crippen molar-refractivity contribution in [2.24, 2.45) is 11.8 Å². The molecule has 1 aliphatic heterocycles. The summed E-state index contributed by atoms with van der Waals surface area (Å²) >= 11 is 5.92. The van der Waals surface area contributed by atoms with Gasteiger partial charge in [0.25, 0.3) is 0 Å². The molecular formula is C21H30ClN3O5S. The van der Waals surface area contributed by atoms with Crippen molar-refractivity contribution in [3.8, 4) is 0 Å². The van der Waals surface area contributed by atoms with Crippen LogP contribution >= 0.6 is 11.6 Å². The molecule has 1 amide bonds. The summed E-state index contributed by atoms with van der Waals surface area (Å²) in [5.74, 6) is 1.24. The first-order valence-electron chi connectivity index (χ1n) is 10.8. The third-order valence-electron chi connectivity index (χ3n) is 7.18. The number of nitrogens with zero attached hydrogens (tertiary/aromatic N) is 3. The molecule has 3 fully saturated rings. The fourth-order valence-electron chi connectivity index (χ4n) is 5.66. The molecule has 0 radical (unpaired) electrons. The number of sulfone groups is 1. The van der Waals surface area contributed by atoms with Crippen LogP contribution in [0.3, 0.4) is 0 Å². The topological polar surface area (TPSA) is 98.7 Å². The number of likely N-dealkylation sites (tertiary alicyclic amines) is 1. The van der Waals surface area contributed by atoms with E-state index in [1.807, 2.05) is 6.92 Å². The first kappa shape index (κ1) is 22.7. The van der Waals surface area contributed by atoms with Gasteiger partial charge in [-0.25, -0.2) is 23.2 Å². The molecule has 0 spiro atoms. The Bertz CT molecular complexity index is 927. The highest BCUT2D eigenvalue weighted by Gasteiger charge is 2.60. The number of aromatic nitrogens is 2. The van der Waals surface area contributed by atoms with Gasteiger partial charge in [0, 0.05) is 30.1 Å². The molecule has 0 N–H and O–H groups in total. The maximum Gasteiger partial charge on any atom is 0.410 e. The Morgan fingerprint density at radius 3 is 2.65 bits per heavy atom. The van der Waals surface area contributed by atoms with Crippen LogP contribution in [0.5, 0.6) is 0 Å². The van der Waals surface area contributed by atoms with Crippen LogP contribution in [0, 0.1) is 11.8 Å². The second-order valence-corrected chi connectivity index (χ2v) is 12.0. The van der Waals surface area contributed by atoms with Gasteiger partial charge in [0.05, 0.1) is 36.6 Å². The molecule has 10 heteroatoms. The van der Waals surface area contributed by atoms with Crippen molar-refractivity contribution in [3.05, 3.63) is 23.2 Å². The van der Waals surface area contributed by atoms with Crippen molar-refractivity contribution >= 4 is 27.5 Å². The minimum Gasteiger partial charge on any atom is -0.453 e. The zero-order valence-electron chi connectivity index (χ0n) is 18.2. The average Bonchev–Trinajstić information content (AvgIpc) is 3.36. The highest BCUT2D eigenvalue weighted by molar-refractivity contribution is 7.90. The molecule has 3 aliphatic rings. The third kappa shape index (κ3) is 4.68. The van der Waals surface area contributed by atoms with Crippen LogP contribution < -0.4 is 0 Å². The molecule has 6 atom stereocenters. The highest BCUT2D eigenvalue weighted by atomic mass is 35.5. The van der Waals surface area contributed by atoms with E-state index < -0.39 is 15.9 Å². The van der Waals surface area contributed by atoms with Crippen molar-refractivity contribution in [1.82, 2.24) is 14.9 Å². The van der Waals surface area contributed by atoms with E-state index in [9.17, 15) is 13.2 Å². The Morgan fingerprint density at radius 1 is 1.32 bits per heavy atom. The van der Waals surface area contributed by atoms with Crippen molar-refractivity contribution in [2.75, 3.05) is 25.7 Å². The number of hydrogen-bond acceptors (Lipinski definition) is 7. The molecule has 1 aromatic heterocycles. The number of amides is 1. The number of fused-ring (bicyclic) bond motifs is 1. The molecule has 3 unspecified atom stereocenters. The standard InChI is InChI=1S/C21H30ClN3O5S/c1-13-6-14(12-31(3,27)28)18(25(13)20(26)29-2)11-30-17-4-5-21(8-15(21)7-17)19-23-9-16(22)10-24-19/h9-10,13-15,17-18H,4-8,11-12H2,1-3H3/t13-,14-,15?,17?,18+,21?/m1/s1. The maximum atomic E-state index is 12.4. The second-order valence-electron chi connectivity index (χ2n) is 9.39. The summed E-state index contributed by atoms with van der Waals surface area (Å²) < 4.78 is 35.1. The van der Waals surface area contributed by atoms with E-state index in [2.05, 4.69) is 9.97 Å². The lowest BCUT2D eigenvalue weighted by Crippen LogP contribution is -2.45. The lowest BCUT2D eigenvalue weighted by molar-refractivity contribution is -0.0129. The van der Waals surface area contributed by atoms with E-state index >= 15 is 0 Å². The summed E-state index contributed by atoms with van der Waals surface area (Å²) in [5, 5.41) is 0.541. The molecule has 2 aliphatic carbocycles. The molecule has 4 rings (SSSR count). The van der Waals surface area contributed by atoms with E-state index in [0.717, 1.165) is 31.5 Å². The summed E-state index contributed by atoms with van der Waals surface area (Å²) in [6, 6.07) is -0.389. The van der Waals surface area contributed by atoms with Crippen LogP contribution in [0.25, 0.3) is 0 Å². The minimum atomic E-state index is -3.16. The van der Waals surface area contributed by atoms with E-state index in [-0.39, 0.29) is 35.3 Å². The lowest BCUT2D eigenvalue weighted by Gasteiger charge is -2.32. The van der Waals surface area contributed by atoms with Gasteiger partial charge < -0.3 is 9.47 Å². The number of ether oxygens (including phenoxy) is 2. The van der Waals surface area contributed by atoms with E-state index in [1.54, 1.807) is 17.3 Å². The van der Waals surface area contributed by atoms with Gasteiger partial charge in [-0.15, -0.1) is 0 Å². The number of hydrogen-bond donors (Lipinski definition) is 0. The molecule has 1 saturated heterocycles. The van der Waals surface area contributed by atoms with Crippen LogP contribution in [0.15, 0.2) is 12.4 Å². The molecule has 31 heavy (non-hydrogen) atoms.